The van der Waals surface area contributed by atoms with Crippen molar-refractivity contribution >= 4 is 5.69 Å². The van der Waals surface area contributed by atoms with Crippen LogP contribution < -0.4 is 10.1 Å². The molecule has 0 bridgehead atoms. The van der Waals surface area contributed by atoms with Gasteiger partial charge in [-0.2, -0.15) is 0 Å². The van der Waals surface area contributed by atoms with Crippen molar-refractivity contribution in [3.8, 4) is 5.75 Å². The second-order valence-electron chi connectivity index (χ2n) is 4.58. The molecule has 0 aliphatic rings. The molecule has 20 heavy (non-hydrogen) atoms. The molecular formula is C14H22N2O4. The number of nitrogens with zero attached hydrogens (tertiary/aromatic N) is 1. The lowest BCUT2D eigenvalue weighted by Gasteiger charge is -2.13. The molecule has 0 aliphatic heterocycles. The Morgan fingerprint density at radius 2 is 2.20 bits per heavy atom. The van der Waals surface area contributed by atoms with Gasteiger partial charge in [-0.15, -0.1) is 0 Å². The minimum absolute atomic E-state index is 0.0308. The minimum atomic E-state index is -0.688. The van der Waals surface area contributed by atoms with Gasteiger partial charge >= 0.3 is 5.69 Å². The average molecular weight is 282 g/mol. The molecule has 0 aromatic heterocycles. The van der Waals surface area contributed by atoms with Crippen molar-refractivity contribution in [2.45, 2.75) is 32.8 Å². The summed E-state index contributed by atoms with van der Waals surface area (Å²) in [7, 11) is 0. The number of hydrogen-bond donors (Lipinski definition) is 2. The number of rotatable bonds is 9. The highest BCUT2D eigenvalue weighted by molar-refractivity contribution is 5.48. The number of nitro groups is 1. The molecule has 0 heterocycles. The van der Waals surface area contributed by atoms with E-state index < -0.39 is 11.0 Å². The molecule has 112 valence electrons. The van der Waals surface area contributed by atoms with Crippen molar-refractivity contribution in [2.24, 2.45) is 0 Å². The monoisotopic (exact) mass is 282 g/mol. The molecule has 0 fully saturated rings. The van der Waals surface area contributed by atoms with Crippen molar-refractivity contribution in [2.75, 3.05) is 19.7 Å². The second kappa shape index (κ2) is 8.50. The van der Waals surface area contributed by atoms with Crippen LogP contribution in [0.3, 0.4) is 0 Å². The van der Waals surface area contributed by atoms with Gasteiger partial charge in [-0.1, -0.05) is 19.9 Å². The van der Waals surface area contributed by atoms with Crippen LogP contribution in [0.15, 0.2) is 18.2 Å². The maximum absolute atomic E-state index is 11.0. The number of aliphatic hydroxyl groups excluding tert-OH is 1. The van der Waals surface area contributed by atoms with Crippen molar-refractivity contribution < 1.29 is 14.8 Å². The summed E-state index contributed by atoms with van der Waals surface area (Å²) in [6, 6.07) is 4.89. The zero-order valence-corrected chi connectivity index (χ0v) is 12.0. The Morgan fingerprint density at radius 3 is 2.80 bits per heavy atom. The number of nitro benzene ring substituents is 1. The quantitative estimate of drug-likeness (QED) is 0.410. The molecule has 6 nitrogen and oxygen atoms in total. The van der Waals surface area contributed by atoms with E-state index in [2.05, 4.69) is 5.32 Å². The van der Waals surface area contributed by atoms with Crippen molar-refractivity contribution in [3.63, 3.8) is 0 Å². The van der Waals surface area contributed by atoms with E-state index in [9.17, 15) is 15.2 Å². The fourth-order valence-electron chi connectivity index (χ4n) is 1.74. The van der Waals surface area contributed by atoms with Gasteiger partial charge < -0.3 is 15.2 Å². The van der Waals surface area contributed by atoms with Gasteiger partial charge in [-0.25, -0.2) is 0 Å². The fraction of sp³-hybridized carbons (Fsp3) is 0.571. The smallest absolute Gasteiger partial charge is 0.311 e. The Hall–Kier alpha value is -1.66. The Kier molecular flexibility index (Phi) is 6.97. The number of ether oxygens (including phenoxy) is 1. The first kappa shape index (κ1) is 16.4. The Bertz CT molecular complexity index is 437. The Balaban J connectivity index is 2.60. The van der Waals surface area contributed by atoms with E-state index in [0.717, 1.165) is 24.9 Å². The number of aliphatic hydroxyl groups is 1. The van der Waals surface area contributed by atoms with Crippen molar-refractivity contribution in [3.05, 3.63) is 33.9 Å². The number of nitrogens with one attached hydrogen (secondary N) is 1. The van der Waals surface area contributed by atoms with E-state index in [0.29, 0.717) is 6.54 Å². The summed E-state index contributed by atoms with van der Waals surface area (Å²) >= 11 is 0. The summed E-state index contributed by atoms with van der Waals surface area (Å²) in [5.74, 6) is 0.196. The van der Waals surface area contributed by atoms with Gasteiger partial charge in [-0.05, 0) is 31.0 Å². The molecule has 1 unspecified atom stereocenters. The van der Waals surface area contributed by atoms with Crippen LogP contribution in [-0.2, 0) is 6.42 Å². The average Bonchev–Trinajstić information content (AvgIpc) is 2.45. The maximum atomic E-state index is 11.0. The van der Waals surface area contributed by atoms with Crippen LogP contribution in [-0.4, -0.2) is 35.8 Å². The molecule has 0 saturated heterocycles. The molecule has 0 amide bonds. The van der Waals surface area contributed by atoms with E-state index in [1.165, 1.54) is 6.07 Å². The lowest BCUT2D eigenvalue weighted by atomic mass is 10.1. The summed E-state index contributed by atoms with van der Waals surface area (Å²) in [6.07, 6.45) is 1.02. The molecule has 1 aromatic rings. The van der Waals surface area contributed by atoms with E-state index in [1.807, 2.05) is 13.8 Å². The zero-order valence-electron chi connectivity index (χ0n) is 12.0. The van der Waals surface area contributed by atoms with Gasteiger partial charge in [0.2, 0.25) is 0 Å². The number of aryl methyl sites for hydroxylation is 1. The molecule has 0 aliphatic carbocycles. The second-order valence-corrected chi connectivity index (χ2v) is 4.58. The molecule has 1 atom stereocenters. The van der Waals surface area contributed by atoms with Crippen LogP contribution in [0.5, 0.6) is 5.75 Å². The van der Waals surface area contributed by atoms with Gasteiger partial charge in [0, 0.05) is 12.6 Å². The lowest BCUT2D eigenvalue weighted by molar-refractivity contribution is -0.386. The molecule has 1 rings (SSSR count). The molecule has 0 saturated carbocycles. The molecule has 2 N–H and O–H groups in total. The van der Waals surface area contributed by atoms with Crippen LogP contribution in [0.2, 0.25) is 0 Å². The number of benzene rings is 1. The Labute approximate surface area is 118 Å². The van der Waals surface area contributed by atoms with Gasteiger partial charge in [-0.3, -0.25) is 10.1 Å². The van der Waals surface area contributed by atoms with Gasteiger partial charge in [0.1, 0.15) is 12.7 Å². The number of hydrogen-bond acceptors (Lipinski definition) is 5. The maximum Gasteiger partial charge on any atom is 0.311 e. The standard InChI is InChI=1S/C14H22N2O4/c1-3-7-15-9-12(17)10-20-14-6-5-11(4-2)8-13(14)16(18)19/h5-6,8,12,15,17H,3-4,7,9-10H2,1-2H3. The molecular weight excluding hydrogens is 260 g/mol. The molecule has 0 spiro atoms. The lowest BCUT2D eigenvalue weighted by Crippen LogP contribution is -2.31. The summed E-state index contributed by atoms with van der Waals surface area (Å²) in [5.41, 5.74) is 0.826. The predicted octanol–water partition coefficient (Wildman–Crippen LogP) is 1.90. The summed E-state index contributed by atoms with van der Waals surface area (Å²) in [4.78, 5) is 10.5. The summed E-state index contributed by atoms with van der Waals surface area (Å²) < 4.78 is 5.36. The van der Waals surface area contributed by atoms with E-state index in [4.69, 9.17) is 4.74 Å². The largest absolute Gasteiger partial charge is 0.484 e. The Morgan fingerprint density at radius 1 is 1.45 bits per heavy atom. The van der Waals surface area contributed by atoms with E-state index >= 15 is 0 Å². The third kappa shape index (κ3) is 5.14. The first-order valence-corrected chi connectivity index (χ1v) is 6.87. The highest BCUT2D eigenvalue weighted by atomic mass is 16.6. The van der Waals surface area contributed by atoms with Crippen LogP contribution >= 0.6 is 0 Å². The van der Waals surface area contributed by atoms with Crippen molar-refractivity contribution in [1.29, 1.82) is 0 Å². The van der Waals surface area contributed by atoms with Crippen LogP contribution in [0, 0.1) is 10.1 Å². The third-order valence-electron chi connectivity index (χ3n) is 2.87. The highest BCUT2D eigenvalue weighted by Crippen LogP contribution is 2.28. The third-order valence-corrected chi connectivity index (χ3v) is 2.87. The van der Waals surface area contributed by atoms with E-state index in [1.54, 1.807) is 12.1 Å². The predicted molar refractivity (Wildman–Crippen MR) is 77.1 cm³/mol. The van der Waals surface area contributed by atoms with Crippen molar-refractivity contribution in [1.82, 2.24) is 5.32 Å². The first-order chi connectivity index (χ1) is 9.58. The van der Waals surface area contributed by atoms with E-state index in [-0.39, 0.29) is 18.0 Å². The molecule has 0 radical (unpaired) electrons. The normalized spacial score (nSPS) is 12.2. The zero-order chi connectivity index (χ0) is 15.0. The van der Waals surface area contributed by atoms with Crippen LogP contribution in [0.1, 0.15) is 25.8 Å². The summed E-state index contributed by atoms with van der Waals surface area (Å²) in [6.45, 7) is 5.23. The van der Waals surface area contributed by atoms with Gasteiger partial charge in [0.05, 0.1) is 4.92 Å². The fourth-order valence-corrected chi connectivity index (χ4v) is 1.74. The van der Waals surface area contributed by atoms with Gasteiger partial charge in [0.25, 0.3) is 0 Å². The first-order valence-electron chi connectivity index (χ1n) is 6.87. The topological polar surface area (TPSA) is 84.6 Å². The highest BCUT2D eigenvalue weighted by Gasteiger charge is 2.16. The van der Waals surface area contributed by atoms with Crippen LogP contribution in [0.4, 0.5) is 5.69 Å². The van der Waals surface area contributed by atoms with Gasteiger partial charge in [0.15, 0.2) is 5.75 Å². The summed E-state index contributed by atoms with van der Waals surface area (Å²) in [5, 5.41) is 23.8. The SMILES string of the molecule is CCCNCC(O)COc1ccc(CC)cc1[N+](=O)[O-]. The molecule has 1 aromatic carbocycles. The minimum Gasteiger partial charge on any atom is -0.484 e. The molecule has 6 heteroatoms. The van der Waals surface area contributed by atoms with Crippen LogP contribution in [0.25, 0.3) is 0 Å².